The normalized spacial score (nSPS) is 16.0. The van der Waals surface area contributed by atoms with E-state index in [0.717, 1.165) is 26.8 Å². The largest absolute Gasteiger partial charge is 0.299 e. The zero-order valence-corrected chi connectivity index (χ0v) is 17.1. The lowest BCUT2D eigenvalue weighted by Crippen LogP contribution is -2.26. The highest BCUT2D eigenvalue weighted by molar-refractivity contribution is 7.99. The Hall–Kier alpha value is -1.63. The number of nitrogens with zero attached hydrogens (tertiary/aromatic N) is 1. The Labute approximate surface area is 168 Å². The summed E-state index contributed by atoms with van der Waals surface area (Å²) in [6.07, 6.45) is 0.103. The molecule has 0 saturated carbocycles. The number of benzene rings is 1. The van der Waals surface area contributed by atoms with Gasteiger partial charge in [-0.05, 0) is 49.2 Å². The Morgan fingerprint density at radius 2 is 1.89 bits per heavy atom. The first kappa shape index (κ1) is 18.7. The highest BCUT2D eigenvalue weighted by Gasteiger charge is 2.29. The summed E-state index contributed by atoms with van der Waals surface area (Å²) in [4.78, 5) is 14.0. The molecule has 0 aliphatic carbocycles. The summed E-state index contributed by atoms with van der Waals surface area (Å²) in [5.41, 5.74) is 2.08. The molecule has 0 N–H and O–H groups in total. The fourth-order valence-corrected chi connectivity index (χ4v) is 5.97. The van der Waals surface area contributed by atoms with Gasteiger partial charge in [0.1, 0.15) is 11.6 Å². The van der Waals surface area contributed by atoms with Crippen molar-refractivity contribution in [2.24, 2.45) is 0 Å². The third kappa shape index (κ3) is 3.13. The van der Waals surface area contributed by atoms with Crippen LogP contribution in [0.1, 0.15) is 29.7 Å². The van der Waals surface area contributed by atoms with E-state index in [1.54, 1.807) is 22.4 Å². The van der Waals surface area contributed by atoms with Crippen LogP contribution in [0.2, 0.25) is 4.34 Å². The molecule has 7 heteroatoms. The number of hydrogen-bond donors (Lipinski definition) is 0. The van der Waals surface area contributed by atoms with Crippen LogP contribution in [0.5, 0.6) is 0 Å². The Kier molecular flexibility index (Phi) is 4.91. The number of aromatic nitrogens is 1. The lowest BCUT2D eigenvalue weighted by Gasteiger charge is -2.18. The number of halogens is 3. The molecule has 2 aromatic heterocycles. The van der Waals surface area contributed by atoms with E-state index in [-0.39, 0.29) is 23.6 Å². The maximum Gasteiger partial charge on any atom is 0.260 e. The molecular formula is C20H16ClF2NOS2. The average Bonchev–Trinajstić information content (AvgIpc) is 3.20. The van der Waals surface area contributed by atoms with Gasteiger partial charge in [-0.2, -0.15) is 0 Å². The van der Waals surface area contributed by atoms with E-state index in [9.17, 15) is 13.6 Å². The number of thiophene rings is 1. The number of hydrogen-bond acceptors (Lipinski definition) is 3. The molecule has 27 heavy (non-hydrogen) atoms. The molecule has 1 atom stereocenters. The molecule has 0 fully saturated rings. The van der Waals surface area contributed by atoms with Gasteiger partial charge in [-0.1, -0.05) is 17.7 Å². The van der Waals surface area contributed by atoms with Crippen LogP contribution in [0.3, 0.4) is 0 Å². The highest BCUT2D eigenvalue weighted by atomic mass is 35.5. The highest BCUT2D eigenvalue weighted by Crippen LogP contribution is 2.41. The molecule has 1 aromatic carbocycles. The lowest BCUT2D eigenvalue weighted by atomic mass is 9.97. The summed E-state index contributed by atoms with van der Waals surface area (Å²) in [5.74, 6) is -0.386. The molecule has 140 valence electrons. The van der Waals surface area contributed by atoms with E-state index in [2.05, 4.69) is 0 Å². The zero-order chi connectivity index (χ0) is 19.3. The van der Waals surface area contributed by atoms with E-state index >= 15 is 0 Å². The van der Waals surface area contributed by atoms with Gasteiger partial charge in [0.05, 0.1) is 14.9 Å². The van der Waals surface area contributed by atoms with Crippen molar-refractivity contribution in [1.29, 1.82) is 0 Å². The zero-order valence-electron chi connectivity index (χ0n) is 14.7. The third-order valence-electron chi connectivity index (χ3n) is 4.87. The second kappa shape index (κ2) is 7.08. The van der Waals surface area contributed by atoms with Crippen molar-refractivity contribution >= 4 is 34.7 Å². The Balaban J connectivity index is 1.98. The first-order valence-electron chi connectivity index (χ1n) is 8.47. The summed E-state index contributed by atoms with van der Waals surface area (Å²) >= 11 is 8.98. The van der Waals surface area contributed by atoms with Crippen LogP contribution in [0.15, 0.2) is 40.2 Å². The van der Waals surface area contributed by atoms with Crippen molar-refractivity contribution in [3.63, 3.8) is 0 Å². The second-order valence-electron chi connectivity index (χ2n) is 6.60. The molecule has 2 nitrogen and oxygen atoms in total. The van der Waals surface area contributed by atoms with Gasteiger partial charge in [0, 0.05) is 28.7 Å². The molecule has 3 heterocycles. The van der Waals surface area contributed by atoms with E-state index in [4.69, 9.17) is 11.6 Å². The fraction of sp³-hybridized carbons (Fsp3) is 0.250. The molecule has 4 rings (SSSR count). The minimum Gasteiger partial charge on any atom is -0.299 e. The summed E-state index contributed by atoms with van der Waals surface area (Å²) in [7, 11) is 0. The molecule has 1 unspecified atom stereocenters. The van der Waals surface area contributed by atoms with Crippen molar-refractivity contribution < 1.29 is 8.78 Å². The van der Waals surface area contributed by atoms with Gasteiger partial charge in [-0.25, -0.2) is 8.78 Å². The molecule has 1 aliphatic heterocycles. The smallest absolute Gasteiger partial charge is 0.260 e. The number of rotatable bonds is 3. The number of pyridine rings is 1. The van der Waals surface area contributed by atoms with E-state index in [1.807, 2.05) is 19.9 Å². The summed E-state index contributed by atoms with van der Waals surface area (Å²) in [5, 5.41) is 0.805. The van der Waals surface area contributed by atoms with Crippen LogP contribution in [0.4, 0.5) is 8.78 Å². The number of fused-ring (bicyclic) bond motifs is 1. The summed E-state index contributed by atoms with van der Waals surface area (Å²) in [6, 6.07) is 7.49. The fourth-order valence-electron chi connectivity index (χ4n) is 3.49. The van der Waals surface area contributed by atoms with Crippen LogP contribution < -0.4 is 5.56 Å². The first-order chi connectivity index (χ1) is 12.9. The predicted octanol–water partition coefficient (Wildman–Crippen LogP) is 6.07. The third-order valence-corrected chi connectivity index (χ3v) is 7.49. The SMILES string of the molecule is Cc1c(Cc2c(F)cccc2F)c2n(c(=O)c1-c1ccc(Cl)s1)C(C)CS2. The molecule has 0 amide bonds. The summed E-state index contributed by atoms with van der Waals surface area (Å²) in [6.45, 7) is 3.84. The van der Waals surface area contributed by atoms with Crippen molar-refractivity contribution in [1.82, 2.24) is 4.57 Å². The Morgan fingerprint density at radius 1 is 1.19 bits per heavy atom. The van der Waals surface area contributed by atoms with Gasteiger partial charge in [-0.15, -0.1) is 23.1 Å². The van der Waals surface area contributed by atoms with Crippen LogP contribution in [-0.2, 0) is 6.42 Å². The first-order valence-corrected chi connectivity index (χ1v) is 10.7. The van der Waals surface area contributed by atoms with Crippen LogP contribution in [0.25, 0.3) is 10.4 Å². The standard InChI is InChI=1S/C20H16ClF2NOS2/c1-10-9-26-20-12(8-13-14(22)4-3-5-15(13)23)11(2)18(19(25)24(10)20)16-6-7-17(21)27-16/h3-7,10H,8-9H2,1-2H3. The maximum absolute atomic E-state index is 14.3. The van der Waals surface area contributed by atoms with Gasteiger partial charge in [0.15, 0.2) is 0 Å². The Bertz CT molecular complexity index is 1090. The second-order valence-corrected chi connectivity index (χ2v) is 9.32. The molecule has 1 aliphatic rings. The quantitative estimate of drug-likeness (QED) is 0.509. The topological polar surface area (TPSA) is 22.0 Å². The molecule has 0 bridgehead atoms. The molecular weight excluding hydrogens is 408 g/mol. The predicted molar refractivity (Wildman–Crippen MR) is 108 cm³/mol. The molecule has 0 radical (unpaired) electrons. The lowest BCUT2D eigenvalue weighted by molar-refractivity contribution is 0.546. The van der Waals surface area contributed by atoms with Crippen LogP contribution in [-0.4, -0.2) is 10.3 Å². The summed E-state index contributed by atoms with van der Waals surface area (Å²) < 4.78 is 30.9. The van der Waals surface area contributed by atoms with Gasteiger partial charge in [0.2, 0.25) is 0 Å². The minimum atomic E-state index is -0.573. The van der Waals surface area contributed by atoms with Crippen LogP contribution >= 0.6 is 34.7 Å². The van der Waals surface area contributed by atoms with Crippen LogP contribution in [0, 0.1) is 18.6 Å². The van der Waals surface area contributed by atoms with E-state index < -0.39 is 11.6 Å². The van der Waals surface area contributed by atoms with Crippen molar-refractivity contribution in [2.75, 3.05) is 5.75 Å². The van der Waals surface area contributed by atoms with Gasteiger partial charge in [-0.3, -0.25) is 9.36 Å². The minimum absolute atomic E-state index is 0.0245. The van der Waals surface area contributed by atoms with Gasteiger partial charge < -0.3 is 0 Å². The van der Waals surface area contributed by atoms with Crippen molar-refractivity contribution in [3.8, 4) is 10.4 Å². The van der Waals surface area contributed by atoms with E-state index in [1.165, 1.54) is 29.5 Å². The maximum atomic E-state index is 14.3. The average molecular weight is 424 g/mol. The van der Waals surface area contributed by atoms with Gasteiger partial charge in [0.25, 0.3) is 5.56 Å². The number of thioether (sulfide) groups is 1. The molecule has 0 saturated heterocycles. The monoisotopic (exact) mass is 423 g/mol. The van der Waals surface area contributed by atoms with Crippen molar-refractivity contribution in [3.05, 3.63) is 73.3 Å². The molecule has 0 spiro atoms. The van der Waals surface area contributed by atoms with Crippen molar-refractivity contribution in [2.45, 2.75) is 31.3 Å². The molecule has 3 aromatic rings. The Morgan fingerprint density at radius 3 is 2.52 bits per heavy atom. The van der Waals surface area contributed by atoms with E-state index in [0.29, 0.717) is 9.90 Å². The van der Waals surface area contributed by atoms with Gasteiger partial charge >= 0.3 is 0 Å².